The molecule has 0 radical (unpaired) electrons. The minimum Gasteiger partial charge on any atom is -0.449 e. The lowest BCUT2D eigenvalue weighted by Gasteiger charge is -2.27. The summed E-state index contributed by atoms with van der Waals surface area (Å²) in [7, 11) is 0. The Morgan fingerprint density at radius 2 is 0.831 bits per heavy atom. The molecule has 0 aromatic heterocycles. The molecular weight excluding hydrogens is 825 g/mol. The summed E-state index contributed by atoms with van der Waals surface area (Å²) in [6.07, 6.45) is -4.81. The molecule has 13 nitrogen and oxygen atoms in total. The Hall–Kier alpha value is -7.32. The molecular formula is C52H50N4O9. The van der Waals surface area contributed by atoms with E-state index in [4.69, 9.17) is 9.47 Å². The normalized spacial score (nSPS) is 14.8. The zero-order valence-corrected chi connectivity index (χ0v) is 35.4. The standard InChI is InChI=1S/C52H50N4O9/c57-29-34(54-50(61)46(48(59)33-17-5-2-6-18-33)56-52(63)65-31-44-41-25-13-9-21-37(41)38-22-10-14-26-42(38)44)27-28-53-49(60)45(47(58)32-15-3-1-4-16-32)55-51(62)64-30-43-39-23-11-7-19-35(39)36-20-8-12-24-40(36)43/h1-26,34,43-48,57-59H,27-31H2,(H,53,60)(H,54,61)(H,55,62)(H,56,63)/t34?,45-,46-,47?,48?/m0/s1. The van der Waals surface area contributed by atoms with Crippen LogP contribution in [0.3, 0.4) is 0 Å². The molecule has 0 bridgehead atoms. The van der Waals surface area contributed by atoms with E-state index in [1.807, 2.05) is 97.1 Å². The predicted molar refractivity (Wildman–Crippen MR) is 243 cm³/mol. The van der Waals surface area contributed by atoms with Gasteiger partial charge in [0.1, 0.15) is 37.5 Å². The molecule has 4 amide bonds. The van der Waals surface area contributed by atoms with Crippen molar-refractivity contribution in [3.63, 3.8) is 0 Å². The number of fused-ring (bicyclic) bond motifs is 6. The molecule has 0 fully saturated rings. The molecule has 0 heterocycles. The first-order valence-electron chi connectivity index (χ1n) is 21.6. The molecule has 3 unspecified atom stereocenters. The van der Waals surface area contributed by atoms with Crippen LogP contribution in [0.1, 0.15) is 63.8 Å². The Labute approximate surface area is 376 Å². The van der Waals surface area contributed by atoms with E-state index in [-0.39, 0.29) is 38.0 Å². The Morgan fingerprint density at radius 3 is 1.22 bits per heavy atom. The summed E-state index contributed by atoms with van der Waals surface area (Å²) < 4.78 is 11.4. The summed E-state index contributed by atoms with van der Waals surface area (Å²) >= 11 is 0. The number of carbonyl (C=O) groups is 4. The second-order valence-electron chi connectivity index (χ2n) is 16.1. The smallest absolute Gasteiger partial charge is 0.407 e. The van der Waals surface area contributed by atoms with Crippen LogP contribution in [0.15, 0.2) is 158 Å². The summed E-state index contributed by atoms with van der Waals surface area (Å²) in [5.74, 6) is -2.02. The first-order chi connectivity index (χ1) is 31.7. The number of hydrogen-bond acceptors (Lipinski definition) is 9. The van der Waals surface area contributed by atoms with Crippen molar-refractivity contribution in [2.45, 2.75) is 48.6 Å². The van der Waals surface area contributed by atoms with Crippen molar-refractivity contribution in [2.24, 2.45) is 0 Å². The van der Waals surface area contributed by atoms with Crippen LogP contribution in [0.4, 0.5) is 9.59 Å². The van der Waals surface area contributed by atoms with Crippen molar-refractivity contribution in [3.05, 3.63) is 191 Å². The van der Waals surface area contributed by atoms with Gasteiger partial charge in [0.25, 0.3) is 0 Å². The van der Waals surface area contributed by atoms with Gasteiger partial charge in [-0.15, -0.1) is 0 Å². The quantitative estimate of drug-likeness (QED) is 0.0555. The third-order valence-corrected chi connectivity index (χ3v) is 12.1. The molecule has 2 aliphatic rings. The molecule has 0 saturated carbocycles. The van der Waals surface area contributed by atoms with Crippen LogP contribution in [0, 0.1) is 0 Å². The van der Waals surface area contributed by atoms with E-state index in [1.54, 1.807) is 60.7 Å². The van der Waals surface area contributed by atoms with Gasteiger partial charge in [-0.3, -0.25) is 9.59 Å². The van der Waals surface area contributed by atoms with E-state index < -0.39 is 60.9 Å². The maximum Gasteiger partial charge on any atom is 0.407 e. The first-order valence-corrected chi connectivity index (χ1v) is 21.6. The number of alkyl carbamates (subject to hydrolysis) is 2. The molecule has 0 saturated heterocycles. The van der Waals surface area contributed by atoms with Gasteiger partial charge in [0.2, 0.25) is 11.8 Å². The monoisotopic (exact) mass is 874 g/mol. The lowest BCUT2D eigenvalue weighted by atomic mass is 9.98. The van der Waals surface area contributed by atoms with E-state index in [1.165, 1.54) is 0 Å². The lowest BCUT2D eigenvalue weighted by Crippen LogP contribution is -2.54. The van der Waals surface area contributed by atoms with Crippen LogP contribution in [-0.2, 0) is 19.1 Å². The highest BCUT2D eigenvalue weighted by Gasteiger charge is 2.35. The minimum absolute atomic E-state index is 0.00776. The highest BCUT2D eigenvalue weighted by atomic mass is 16.6. The number of aliphatic hydroxyl groups is 3. The van der Waals surface area contributed by atoms with Crippen LogP contribution in [0.5, 0.6) is 0 Å². The number of amides is 4. The third kappa shape index (κ3) is 9.92. The Kier molecular flexibility index (Phi) is 13.9. The van der Waals surface area contributed by atoms with Gasteiger partial charge in [0.05, 0.1) is 12.6 Å². The van der Waals surface area contributed by atoms with Crippen molar-refractivity contribution < 1.29 is 44.0 Å². The second kappa shape index (κ2) is 20.5. The van der Waals surface area contributed by atoms with E-state index in [0.29, 0.717) is 11.1 Å². The molecule has 0 aliphatic heterocycles. The van der Waals surface area contributed by atoms with Gasteiger partial charge in [-0.1, -0.05) is 158 Å². The van der Waals surface area contributed by atoms with Gasteiger partial charge in [-0.05, 0) is 62.1 Å². The summed E-state index contributed by atoms with van der Waals surface area (Å²) in [5.41, 5.74) is 8.98. The maximum atomic E-state index is 13.9. The highest BCUT2D eigenvalue weighted by molar-refractivity contribution is 5.88. The number of carbonyl (C=O) groups excluding carboxylic acids is 4. The van der Waals surface area contributed by atoms with Crippen molar-refractivity contribution >= 4 is 24.0 Å². The fraction of sp³-hybridized carbons (Fsp3) is 0.231. The number of benzene rings is 6. The molecule has 13 heteroatoms. The number of nitrogens with one attached hydrogen (secondary N) is 4. The molecule has 7 N–H and O–H groups in total. The van der Waals surface area contributed by atoms with E-state index in [2.05, 4.69) is 21.3 Å². The molecule has 65 heavy (non-hydrogen) atoms. The first kappa shape index (κ1) is 44.3. The molecule has 6 aromatic rings. The van der Waals surface area contributed by atoms with Crippen molar-refractivity contribution in [1.29, 1.82) is 0 Å². The highest BCUT2D eigenvalue weighted by Crippen LogP contribution is 2.45. The maximum absolute atomic E-state index is 13.9. The van der Waals surface area contributed by atoms with Crippen LogP contribution in [-0.4, -0.2) is 83.8 Å². The largest absolute Gasteiger partial charge is 0.449 e. The van der Waals surface area contributed by atoms with E-state index in [0.717, 1.165) is 44.5 Å². The zero-order valence-electron chi connectivity index (χ0n) is 35.4. The van der Waals surface area contributed by atoms with Crippen molar-refractivity contribution in [2.75, 3.05) is 26.4 Å². The topological polar surface area (TPSA) is 196 Å². The predicted octanol–water partition coefficient (Wildman–Crippen LogP) is 6.25. The Morgan fingerprint density at radius 1 is 0.477 bits per heavy atom. The zero-order chi connectivity index (χ0) is 45.3. The Bertz CT molecular complexity index is 2540. The van der Waals surface area contributed by atoms with Crippen molar-refractivity contribution in [1.82, 2.24) is 21.3 Å². The van der Waals surface area contributed by atoms with Crippen LogP contribution in [0.2, 0.25) is 0 Å². The van der Waals surface area contributed by atoms with E-state index >= 15 is 0 Å². The van der Waals surface area contributed by atoms with Crippen LogP contribution >= 0.6 is 0 Å². The fourth-order valence-electron chi connectivity index (χ4n) is 8.77. The van der Waals surface area contributed by atoms with Crippen LogP contribution in [0.25, 0.3) is 22.3 Å². The average molecular weight is 875 g/mol. The number of rotatable bonds is 17. The number of hydrogen-bond donors (Lipinski definition) is 7. The summed E-state index contributed by atoms with van der Waals surface area (Å²) in [4.78, 5) is 54.4. The summed E-state index contributed by atoms with van der Waals surface area (Å²) in [5, 5.41) is 43.6. The summed E-state index contributed by atoms with van der Waals surface area (Å²) in [6, 6.07) is 44.3. The van der Waals surface area contributed by atoms with E-state index in [9.17, 15) is 34.5 Å². The number of ether oxygens (including phenoxy) is 2. The fourth-order valence-corrected chi connectivity index (χ4v) is 8.77. The van der Waals surface area contributed by atoms with Crippen molar-refractivity contribution in [3.8, 4) is 22.3 Å². The average Bonchev–Trinajstić information content (AvgIpc) is 3.85. The van der Waals surface area contributed by atoms with Gasteiger partial charge in [0.15, 0.2) is 0 Å². The molecule has 5 atom stereocenters. The third-order valence-electron chi connectivity index (χ3n) is 12.1. The Balaban J connectivity index is 0.894. The molecule has 2 aliphatic carbocycles. The van der Waals surface area contributed by atoms with Gasteiger partial charge in [-0.2, -0.15) is 0 Å². The molecule has 0 spiro atoms. The van der Waals surface area contributed by atoms with Crippen LogP contribution < -0.4 is 21.3 Å². The molecule has 332 valence electrons. The summed E-state index contributed by atoms with van der Waals surface area (Å²) in [6.45, 7) is -0.705. The molecule has 8 rings (SSSR count). The molecule has 6 aromatic carbocycles. The number of aliphatic hydroxyl groups excluding tert-OH is 3. The van der Waals surface area contributed by atoms with Gasteiger partial charge < -0.3 is 46.1 Å². The van der Waals surface area contributed by atoms with Gasteiger partial charge >= 0.3 is 12.2 Å². The second-order valence-corrected chi connectivity index (χ2v) is 16.1. The lowest BCUT2D eigenvalue weighted by molar-refractivity contribution is -0.127. The van der Waals surface area contributed by atoms with Gasteiger partial charge in [0, 0.05) is 18.4 Å². The SMILES string of the molecule is O=C(N[C@H](C(=O)NCCC(CO)NC(=O)[C@@H](NC(=O)OCC1c2ccccc2-c2ccccc21)C(O)c1ccccc1)C(O)c1ccccc1)OCC1c2ccccc2-c2ccccc21. The minimum atomic E-state index is -1.54. The van der Waals surface area contributed by atoms with Gasteiger partial charge in [-0.25, -0.2) is 9.59 Å².